The highest BCUT2D eigenvalue weighted by Gasteiger charge is 2.02. The number of hydrogen-bond acceptors (Lipinski definition) is 3. The maximum absolute atomic E-state index is 12.8. The predicted molar refractivity (Wildman–Crippen MR) is 85.0 cm³/mol. The van der Waals surface area contributed by atoms with E-state index in [0.29, 0.717) is 18.7 Å². The molecule has 0 spiro atoms. The summed E-state index contributed by atoms with van der Waals surface area (Å²) in [6, 6.07) is 12.9. The van der Waals surface area contributed by atoms with Gasteiger partial charge in [-0.05, 0) is 60.1 Å². The Balaban J connectivity index is 1.75. The van der Waals surface area contributed by atoms with Crippen molar-refractivity contribution in [2.24, 2.45) is 0 Å². The van der Waals surface area contributed by atoms with Crippen molar-refractivity contribution in [1.29, 1.82) is 5.26 Å². The maximum atomic E-state index is 12.8. The lowest BCUT2D eigenvalue weighted by Crippen LogP contribution is -2.30. The van der Waals surface area contributed by atoms with E-state index in [4.69, 9.17) is 5.26 Å². The van der Waals surface area contributed by atoms with E-state index in [1.54, 1.807) is 36.4 Å². The lowest BCUT2D eigenvalue weighted by atomic mass is 10.1. The average Bonchev–Trinajstić information content (AvgIpc) is 2.51. The first-order valence-electron chi connectivity index (χ1n) is 6.62. The number of nitrogens with one attached hydrogen (secondary N) is 2. The molecule has 0 aliphatic carbocycles. The Labute approximate surface area is 132 Å². The molecule has 0 unspecified atom stereocenters. The highest BCUT2D eigenvalue weighted by atomic mass is 32.2. The number of benzene rings is 2. The minimum Gasteiger partial charge on any atom is -0.338 e. The summed E-state index contributed by atoms with van der Waals surface area (Å²) in [4.78, 5) is 12.6. The van der Waals surface area contributed by atoms with Gasteiger partial charge in [0, 0.05) is 17.1 Å². The number of halogens is 1. The number of carbonyl (C=O) groups excluding carboxylic acids is 1. The summed E-state index contributed by atoms with van der Waals surface area (Å²) >= 11 is 1.07. The van der Waals surface area contributed by atoms with Crippen molar-refractivity contribution in [1.82, 2.24) is 5.32 Å². The molecule has 0 saturated heterocycles. The van der Waals surface area contributed by atoms with Crippen LogP contribution in [0.2, 0.25) is 0 Å². The predicted octanol–water partition coefficient (Wildman–Crippen LogP) is 3.76. The van der Waals surface area contributed by atoms with Crippen LogP contribution in [0.1, 0.15) is 5.56 Å². The van der Waals surface area contributed by atoms with Gasteiger partial charge in [-0.15, -0.1) is 0 Å². The van der Waals surface area contributed by atoms with Crippen LogP contribution in [0.15, 0.2) is 53.4 Å². The average molecular weight is 315 g/mol. The second-order valence-electron chi connectivity index (χ2n) is 4.48. The molecule has 4 nitrogen and oxygen atoms in total. The summed E-state index contributed by atoms with van der Waals surface area (Å²) in [7, 11) is 0. The van der Waals surface area contributed by atoms with Gasteiger partial charge < -0.3 is 10.6 Å². The normalized spacial score (nSPS) is 9.82. The zero-order valence-corrected chi connectivity index (χ0v) is 12.5. The van der Waals surface area contributed by atoms with Gasteiger partial charge in [0.1, 0.15) is 11.2 Å². The second-order valence-corrected chi connectivity index (χ2v) is 5.33. The third-order valence-corrected chi connectivity index (χ3v) is 3.49. The summed E-state index contributed by atoms with van der Waals surface area (Å²) in [6.45, 7) is 0.458. The van der Waals surface area contributed by atoms with Crippen molar-refractivity contribution in [3.63, 3.8) is 0 Å². The fourth-order valence-corrected chi connectivity index (χ4v) is 2.18. The molecule has 0 aliphatic heterocycles. The van der Waals surface area contributed by atoms with Gasteiger partial charge in [-0.3, -0.25) is 0 Å². The van der Waals surface area contributed by atoms with Crippen molar-refractivity contribution in [3.8, 4) is 5.40 Å². The molecule has 22 heavy (non-hydrogen) atoms. The first-order valence-corrected chi connectivity index (χ1v) is 7.44. The van der Waals surface area contributed by atoms with Crippen molar-refractivity contribution >= 4 is 23.5 Å². The van der Waals surface area contributed by atoms with E-state index in [1.165, 1.54) is 12.1 Å². The molecule has 2 aromatic carbocycles. The molecule has 0 radical (unpaired) electrons. The molecule has 112 valence electrons. The SMILES string of the molecule is N#CSc1ccc(NC(=O)NCCc2ccc(F)cc2)cc1. The molecular formula is C16H14FN3OS. The largest absolute Gasteiger partial charge is 0.338 e. The van der Waals surface area contributed by atoms with Gasteiger partial charge in [-0.25, -0.2) is 9.18 Å². The molecule has 2 amide bonds. The smallest absolute Gasteiger partial charge is 0.319 e. The maximum Gasteiger partial charge on any atom is 0.319 e. The zero-order chi connectivity index (χ0) is 15.8. The Morgan fingerprint density at radius 2 is 1.82 bits per heavy atom. The van der Waals surface area contributed by atoms with E-state index in [2.05, 4.69) is 10.6 Å². The van der Waals surface area contributed by atoms with E-state index < -0.39 is 0 Å². The van der Waals surface area contributed by atoms with Crippen LogP contribution in [0.25, 0.3) is 0 Å². The highest BCUT2D eigenvalue weighted by molar-refractivity contribution is 8.03. The minimum absolute atomic E-state index is 0.271. The first-order chi connectivity index (χ1) is 10.7. The number of nitrogens with zero attached hydrogens (tertiary/aromatic N) is 1. The molecule has 0 saturated carbocycles. The Morgan fingerprint density at radius 3 is 2.45 bits per heavy atom. The van der Waals surface area contributed by atoms with Crippen molar-refractivity contribution in [2.45, 2.75) is 11.3 Å². The van der Waals surface area contributed by atoms with Gasteiger partial charge in [0.25, 0.3) is 0 Å². The Morgan fingerprint density at radius 1 is 1.14 bits per heavy atom. The first kappa shape index (κ1) is 15.9. The van der Waals surface area contributed by atoms with E-state index in [9.17, 15) is 9.18 Å². The van der Waals surface area contributed by atoms with Crippen molar-refractivity contribution < 1.29 is 9.18 Å². The van der Waals surface area contributed by atoms with Crippen LogP contribution >= 0.6 is 11.8 Å². The molecule has 0 heterocycles. The lowest BCUT2D eigenvalue weighted by Gasteiger charge is -2.08. The molecule has 0 fully saturated rings. The van der Waals surface area contributed by atoms with Crippen LogP contribution in [0.3, 0.4) is 0 Å². The number of urea groups is 1. The molecule has 0 aliphatic rings. The minimum atomic E-state index is -0.303. The fourth-order valence-electron chi connectivity index (χ4n) is 1.81. The second kappa shape index (κ2) is 8.05. The highest BCUT2D eigenvalue weighted by Crippen LogP contribution is 2.18. The number of nitriles is 1. The van der Waals surface area contributed by atoms with Gasteiger partial charge >= 0.3 is 6.03 Å². The van der Waals surface area contributed by atoms with Crippen molar-refractivity contribution in [3.05, 3.63) is 59.9 Å². The Kier molecular flexibility index (Phi) is 5.81. The molecule has 2 N–H and O–H groups in total. The summed E-state index contributed by atoms with van der Waals surface area (Å²) in [5.41, 5.74) is 1.61. The summed E-state index contributed by atoms with van der Waals surface area (Å²) in [5, 5.41) is 16.0. The molecule has 6 heteroatoms. The molecule has 2 rings (SSSR count). The number of hydrogen-bond donors (Lipinski definition) is 2. The topological polar surface area (TPSA) is 64.9 Å². The Hall–Kier alpha value is -2.52. The van der Waals surface area contributed by atoms with E-state index in [0.717, 1.165) is 22.2 Å². The van der Waals surface area contributed by atoms with Crippen LogP contribution in [-0.4, -0.2) is 12.6 Å². The molecule has 2 aromatic rings. The number of anilines is 1. The van der Waals surface area contributed by atoms with Crippen LogP contribution in [-0.2, 0) is 6.42 Å². The molecule has 0 atom stereocenters. The van der Waals surface area contributed by atoms with Gasteiger partial charge in [-0.2, -0.15) is 5.26 Å². The van der Waals surface area contributed by atoms with E-state index >= 15 is 0 Å². The van der Waals surface area contributed by atoms with Crippen LogP contribution in [0.4, 0.5) is 14.9 Å². The quantitative estimate of drug-likeness (QED) is 0.652. The van der Waals surface area contributed by atoms with E-state index in [1.807, 2.05) is 5.40 Å². The van der Waals surface area contributed by atoms with Crippen molar-refractivity contribution in [2.75, 3.05) is 11.9 Å². The number of amides is 2. The summed E-state index contributed by atoms with van der Waals surface area (Å²) in [6.07, 6.45) is 0.630. The standard InChI is InChI=1S/C16H14FN3OS/c17-13-3-1-12(2-4-13)9-10-19-16(21)20-14-5-7-15(8-6-14)22-11-18/h1-8H,9-10H2,(H2,19,20,21). The molecule has 0 aromatic heterocycles. The Bertz CT molecular complexity index is 665. The summed E-state index contributed by atoms with van der Waals surface area (Å²) in [5.74, 6) is -0.271. The number of rotatable bonds is 5. The van der Waals surface area contributed by atoms with Gasteiger partial charge in [0.05, 0.1) is 0 Å². The third kappa shape index (κ3) is 5.11. The van der Waals surface area contributed by atoms with E-state index in [-0.39, 0.29) is 11.8 Å². The molecule has 0 bridgehead atoms. The van der Waals surface area contributed by atoms with Crippen LogP contribution < -0.4 is 10.6 Å². The van der Waals surface area contributed by atoms with Crippen LogP contribution in [0.5, 0.6) is 0 Å². The third-order valence-electron chi connectivity index (χ3n) is 2.89. The van der Waals surface area contributed by atoms with Gasteiger partial charge in [0.2, 0.25) is 0 Å². The zero-order valence-electron chi connectivity index (χ0n) is 11.7. The van der Waals surface area contributed by atoms with Crippen LogP contribution in [0, 0.1) is 16.5 Å². The fraction of sp³-hybridized carbons (Fsp3) is 0.125. The molecular weight excluding hydrogens is 301 g/mol. The monoisotopic (exact) mass is 315 g/mol. The number of thioether (sulfide) groups is 1. The lowest BCUT2D eigenvalue weighted by molar-refractivity contribution is 0.252. The number of thiocyanates is 1. The van der Waals surface area contributed by atoms with Gasteiger partial charge in [0.15, 0.2) is 0 Å². The summed E-state index contributed by atoms with van der Waals surface area (Å²) < 4.78 is 12.8. The van der Waals surface area contributed by atoms with Gasteiger partial charge in [-0.1, -0.05) is 12.1 Å². The number of carbonyl (C=O) groups is 1.